The lowest BCUT2D eigenvalue weighted by atomic mass is 10.1. The fourth-order valence-electron chi connectivity index (χ4n) is 4.27. The summed E-state index contributed by atoms with van der Waals surface area (Å²) in [6, 6.07) is 23.9. The van der Waals surface area contributed by atoms with Crippen molar-refractivity contribution in [2.24, 2.45) is 0 Å². The highest BCUT2D eigenvalue weighted by molar-refractivity contribution is 5.97. The molecule has 0 saturated heterocycles. The molecule has 56 heavy (non-hydrogen) atoms. The highest BCUT2D eigenvalue weighted by atomic mass is 19.4. The van der Waals surface area contributed by atoms with Gasteiger partial charge < -0.3 is 30.3 Å². The first kappa shape index (κ1) is 43.3. The maximum atomic E-state index is 13.0. The molecule has 0 saturated carbocycles. The van der Waals surface area contributed by atoms with E-state index in [1.807, 2.05) is 12.1 Å². The predicted molar refractivity (Wildman–Crippen MR) is 184 cm³/mol. The van der Waals surface area contributed by atoms with Crippen LogP contribution in [0.25, 0.3) is 0 Å². The number of amides is 2. The van der Waals surface area contributed by atoms with Crippen molar-refractivity contribution in [1.29, 1.82) is 21.0 Å². The zero-order chi connectivity index (χ0) is 41.9. The molecule has 12 nitrogen and oxygen atoms in total. The van der Waals surface area contributed by atoms with Crippen molar-refractivity contribution in [1.82, 2.24) is 0 Å². The molecule has 0 unspecified atom stereocenters. The van der Waals surface area contributed by atoms with Crippen LogP contribution in [-0.2, 0) is 21.9 Å². The summed E-state index contributed by atoms with van der Waals surface area (Å²) in [5, 5.41) is 59.9. The number of nitrogens with zero attached hydrogens (tertiary/aromatic N) is 4. The number of nitrogens with one attached hydrogen (secondary N) is 2. The van der Waals surface area contributed by atoms with Crippen LogP contribution in [0.5, 0.6) is 11.5 Å². The highest BCUT2D eigenvalue weighted by Gasteiger charge is 2.37. The van der Waals surface area contributed by atoms with E-state index < -0.39 is 70.8 Å². The van der Waals surface area contributed by atoms with Crippen LogP contribution in [0.1, 0.15) is 47.2 Å². The smallest absolute Gasteiger partial charge is 0.417 e. The predicted octanol–water partition coefficient (Wildman–Crippen LogP) is 6.43. The number of hydrogen-bond acceptors (Lipinski definition) is 10. The van der Waals surface area contributed by atoms with Gasteiger partial charge in [0.2, 0.25) is 0 Å². The molecule has 0 aliphatic heterocycles. The van der Waals surface area contributed by atoms with Crippen molar-refractivity contribution < 1.29 is 55.6 Å². The lowest BCUT2D eigenvalue weighted by Crippen LogP contribution is -2.45. The largest absolute Gasteiger partial charge is 0.490 e. The fraction of sp³-hybridized carbons (Fsp3) is 0.211. The third kappa shape index (κ3) is 11.9. The van der Waals surface area contributed by atoms with E-state index in [-0.39, 0.29) is 11.4 Å². The molecule has 0 spiro atoms. The minimum absolute atomic E-state index is 0.227. The number of halogens is 6. The second-order valence-electron chi connectivity index (χ2n) is 12.0. The van der Waals surface area contributed by atoms with E-state index in [2.05, 4.69) is 10.6 Å². The first-order valence-corrected chi connectivity index (χ1v) is 15.7. The highest BCUT2D eigenvalue weighted by Crippen LogP contribution is 2.35. The standard InChI is InChI=1S/2C19H14F3N3O3/c2*1-18(27,11-28-15-6-2-12(9-23)3-7-15)17(26)25-14-5-4-13(10-24)16(8-14)19(20,21)22/h2*2-8,27H,11H2,1H3,(H,25,26)/t2*18-/m00/s1. The van der Waals surface area contributed by atoms with E-state index in [1.54, 1.807) is 0 Å². The van der Waals surface area contributed by atoms with Gasteiger partial charge in [-0.1, -0.05) is 0 Å². The molecule has 0 aromatic heterocycles. The van der Waals surface area contributed by atoms with E-state index in [0.717, 1.165) is 38.1 Å². The maximum Gasteiger partial charge on any atom is 0.417 e. The molecule has 0 bridgehead atoms. The summed E-state index contributed by atoms with van der Waals surface area (Å²) >= 11 is 0. The number of hydrogen-bond donors (Lipinski definition) is 4. The monoisotopic (exact) mass is 778 g/mol. The van der Waals surface area contributed by atoms with Gasteiger partial charge in [-0.15, -0.1) is 0 Å². The first-order valence-electron chi connectivity index (χ1n) is 15.7. The lowest BCUT2D eigenvalue weighted by molar-refractivity contribution is -0.138. The maximum absolute atomic E-state index is 13.0. The van der Waals surface area contributed by atoms with E-state index >= 15 is 0 Å². The molecular weight excluding hydrogens is 750 g/mol. The number of rotatable bonds is 10. The third-order valence-electron chi connectivity index (χ3n) is 7.39. The van der Waals surface area contributed by atoms with Gasteiger partial charge in [0.15, 0.2) is 11.2 Å². The first-order chi connectivity index (χ1) is 26.1. The Morgan fingerprint density at radius 1 is 0.571 bits per heavy atom. The Kier molecular flexibility index (Phi) is 13.8. The van der Waals surface area contributed by atoms with Gasteiger partial charge in [-0.25, -0.2) is 0 Å². The molecule has 0 fully saturated rings. The molecule has 2 atom stereocenters. The van der Waals surface area contributed by atoms with Gasteiger partial charge in [-0.2, -0.15) is 47.4 Å². The molecule has 18 heteroatoms. The molecule has 2 amide bonds. The fourth-order valence-corrected chi connectivity index (χ4v) is 4.27. The van der Waals surface area contributed by atoms with Gasteiger partial charge in [0.1, 0.15) is 24.7 Å². The Labute approximate surface area is 315 Å². The van der Waals surface area contributed by atoms with Gasteiger partial charge in [0.05, 0.1) is 57.7 Å². The summed E-state index contributed by atoms with van der Waals surface area (Å²) in [6.45, 7) is 1.32. The number of alkyl halides is 6. The lowest BCUT2D eigenvalue weighted by Gasteiger charge is -2.23. The number of carbonyl (C=O) groups is 2. The summed E-state index contributed by atoms with van der Waals surface area (Å²) < 4.78 is 88.6. The quantitative estimate of drug-likeness (QED) is 0.130. The van der Waals surface area contributed by atoms with Crippen molar-refractivity contribution in [2.75, 3.05) is 23.8 Å². The average Bonchev–Trinajstić information content (AvgIpc) is 3.16. The molecule has 0 heterocycles. The molecular formula is C38H28F6N6O6. The summed E-state index contributed by atoms with van der Waals surface area (Å²) in [7, 11) is 0. The van der Waals surface area contributed by atoms with Crippen molar-refractivity contribution in [2.45, 2.75) is 37.4 Å². The number of ether oxygens (including phenoxy) is 2. The summed E-state index contributed by atoms with van der Waals surface area (Å²) in [4.78, 5) is 24.5. The van der Waals surface area contributed by atoms with E-state index in [0.29, 0.717) is 34.8 Å². The molecule has 4 N–H and O–H groups in total. The van der Waals surface area contributed by atoms with Gasteiger partial charge in [-0.3, -0.25) is 9.59 Å². The average molecular weight is 779 g/mol. The molecule has 0 radical (unpaired) electrons. The number of carbonyl (C=O) groups excluding carboxylic acids is 2. The van der Waals surface area contributed by atoms with Crippen molar-refractivity contribution in [3.05, 3.63) is 118 Å². The van der Waals surface area contributed by atoms with Crippen molar-refractivity contribution >= 4 is 23.2 Å². The number of aliphatic hydroxyl groups is 2. The van der Waals surface area contributed by atoms with Crippen LogP contribution in [0.2, 0.25) is 0 Å². The number of nitriles is 4. The summed E-state index contributed by atoms with van der Waals surface area (Å²) in [5.74, 6) is -1.38. The number of benzene rings is 4. The Morgan fingerprint density at radius 3 is 1.16 bits per heavy atom. The van der Waals surface area contributed by atoms with Crippen LogP contribution in [0.15, 0.2) is 84.9 Å². The van der Waals surface area contributed by atoms with Gasteiger partial charge >= 0.3 is 12.4 Å². The van der Waals surface area contributed by atoms with E-state index in [1.165, 1.54) is 60.7 Å². The molecule has 288 valence electrons. The van der Waals surface area contributed by atoms with E-state index in [9.17, 15) is 46.1 Å². The SMILES string of the molecule is C[C@](O)(COc1ccc(C#N)cc1)C(=O)Nc1ccc(C#N)c(C(F)(F)F)c1.C[C@](O)(COc1ccc(C#N)cc1)C(=O)Nc1ccc(C#N)c(C(F)(F)F)c1. The van der Waals surface area contributed by atoms with Crippen molar-refractivity contribution in [3.63, 3.8) is 0 Å². The second-order valence-corrected chi connectivity index (χ2v) is 12.0. The van der Waals surface area contributed by atoms with Gasteiger partial charge in [0, 0.05) is 11.4 Å². The second kappa shape index (κ2) is 17.8. The van der Waals surface area contributed by atoms with Crippen LogP contribution in [0.4, 0.5) is 37.7 Å². The Morgan fingerprint density at radius 2 is 0.893 bits per heavy atom. The van der Waals surface area contributed by atoms with Crippen LogP contribution in [-0.4, -0.2) is 46.4 Å². The van der Waals surface area contributed by atoms with Crippen LogP contribution in [0.3, 0.4) is 0 Å². The zero-order valence-corrected chi connectivity index (χ0v) is 29.1. The zero-order valence-electron chi connectivity index (χ0n) is 29.1. The third-order valence-corrected chi connectivity index (χ3v) is 7.39. The minimum atomic E-state index is -4.77. The van der Waals surface area contributed by atoms with Crippen LogP contribution < -0.4 is 20.1 Å². The normalized spacial score (nSPS) is 13.0. The summed E-state index contributed by atoms with van der Waals surface area (Å²) in [6.07, 6.45) is -9.54. The Bertz CT molecular complexity index is 2070. The Hall–Kier alpha value is -7.12. The van der Waals surface area contributed by atoms with E-state index in [4.69, 9.17) is 30.5 Å². The molecule has 4 aromatic rings. The van der Waals surface area contributed by atoms with Crippen molar-refractivity contribution in [3.8, 4) is 35.8 Å². The Balaban J connectivity index is 0.000000300. The van der Waals surface area contributed by atoms with Crippen LogP contribution in [0, 0.1) is 45.3 Å². The number of anilines is 2. The molecule has 4 aromatic carbocycles. The van der Waals surface area contributed by atoms with Gasteiger partial charge in [-0.05, 0) is 98.8 Å². The van der Waals surface area contributed by atoms with Crippen LogP contribution >= 0.6 is 0 Å². The molecule has 4 rings (SSSR count). The molecule has 0 aliphatic rings. The summed E-state index contributed by atoms with van der Waals surface area (Å²) in [5.41, 5.74) is -7.31. The molecule has 0 aliphatic carbocycles. The minimum Gasteiger partial charge on any atom is -0.490 e. The van der Waals surface area contributed by atoms with Gasteiger partial charge in [0.25, 0.3) is 11.8 Å². The topological polar surface area (TPSA) is 212 Å².